The van der Waals surface area contributed by atoms with Crippen molar-refractivity contribution in [3.05, 3.63) is 28.8 Å². The lowest BCUT2D eigenvalue weighted by atomic mass is 9.69. The summed E-state index contributed by atoms with van der Waals surface area (Å²) in [5.41, 5.74) is 6.97. The van der Waals surface area contributed by atoms with Crippen LogP contribution in [0.25, 0.3) is 0 Å². The molecule has 0 aromatic heterocycles. The van der Waals surface area contributed by atoms with Crippen molar-refractivity contribution in [2.75, 3.05) is 5.73 Å². The molecule has 1 aromatic carbocycles. The van der Waals surface area contributed by atoms with E-state index in [1.807, 2.05) is 0 Å². The molecule has 0 aliphatic heterocycles. The van der Waals surface area contributed by atoms with Crippen molar-refractivity contribution in [3.8, 4) is 0 Å². The Hall–Kier alpha value is -1.22. The zero-order chi connectivity index (χ0) is 15.6. The van der Waals surface area contributed by atoms with Gasteiger partial charge in [-0.3, -0.25) is 4.79 Å². The number of rotatable bonds is 2. The fourth-order valence-corrected chi connectivity index (χ4v) is 3.44. The Morgan fingerprint density at radius 3 is 2.57 bits per heavy atom. The van der Waals surface area contributed by atoms with Crippen LogP contribution in [0, 0.1) is 11.3 Å². The van der Waals surface area contributed by atoms with E-state index < -0.39 is 0 Å². The second kappa shape index (κ2) is 6.27. The van der Waals surface area contributed by atoms with E-state index in [2.05, 4.69) is 26.1 Å². The molecule has 1 aliphatic rings. The molecule has 0 radical (unpaired) electrons. The van der Waals surface area contributed by atoms with E-state index in [0.717, 1.165) is 6.42 Å². The van der Waals surface area contributed by atoms with Gasteiger partial charge in [0, 0.05) is 11.6 Å². The van der Waals surface area contributed by atoms with E-state index in [1.165, 1.54) is 19.3 Å². The monoisotopic (exact) mass is 308 g/mol. The fraction of sp³-hybridized carbons (Fsp3) is 0.588. The molecule has 4 heteroatoms. The number of carbonyl (C=O) groups excluding carboxylic acids is 1. The molecule has 0 spiro atoms. The maximum atomic E-state index is 12.4. The minimum Gasteiger partial charge on any atom is -0.398 e. The van der Waals surface area contributed by atoms with Crippen molar-refractivity contribution in [2.24, 2.45) is 11.3 Å². The number of amides is 1. The maximum absolute atomic E-state index is 12.4. The molecule has 1 fully saturated rings. The summed E-state index contributed by atoms with van der Waals surface area (Å²) in [5.74, 6) is 0.456. The highest BCUT2D eigenvalue weighted by atomic mass is 35.5. The molecule has 0 saturated heterocycles. The summed E-state index contributed by atoms with van der Waals surface area (Å²) < 4.78 is 0. The Morgan fingerprint density at radius 1 is 1.29 bits per heavy atom. The highest BCUT2D eigenvalue weighted by Crippen LogP contribution is 2.38. The van der Waals surface area contributed by atoms with Crippen LogP contribution < -0.4 is 11.1 Å². The third-order valence-corrected chi connectivity index (χ3v) is 4.78. The molecule has 21 heavy (non-hydrogen) atoms. The van der Waals surface area contributed by atoms with Crippen LogP contribution in [0.2, 0.25) is 5.02 Å². The summed E-state index contributed by atoms with van der Waals surface area (Å²) in [7, 11) is 0. The van der Waals surface area contributed by atoms with Gasteiger partial charge < -0.3 is 11.1 Å². The number of hydrogen-bond acceptors (Lipinski definition) is 2. The Kier molecular flexibility index (Phi) is 4.82. The summed E-state index contributed by atoms with van der Waals surface area (Å²) in [6.45, 7) is 6.76. The lowest BCUT2D eigenvalue weighted by Gasteiger charge is -2.40. The van der Waals surface area contributed by atoms with Crippen molar-refractivity contribution in [1.82, 2.24) is 5.32 Å². The van der Waals surface area contributed by atoms with Crippen molar-refractivity contribution in [1.29, 1.82) is 0 Å². The largest absolute Gasteiger partial charge is 0.398 e. The van der Waals surface area contributed by atoms with Crippen LogP contribution in [0.15, 0.2) is 18.2 Å². The molecular formula is C17H25ClN2O. The number of anilines is 1. The lowest BCUT2D eigenvalue weighted by molar-refractivity contribution is 0.0830. The van der Waals surface area contributed by atoms with Gasteiger partial charge in [-0.05, 0) is 42.4 Å². The van der Waals surface area contributed by atoms with Gasteiger partial charge in [0.05, 0.1) is 10.7 Å². The van der Waals surface area contributed by atoms with Crippen LogP contribution >= 0.6 is 11.6 Å². The SMILES string of the molecule is CC(C)(C)C1CCCCC1NC(=O)c1ccc(N)c(Cl)c1. The number of nitrogens with one attached hydrogen (secondary N) is 1. The second-order valence-corrected chi connectivity index (χ2v) is 7.48. The quantitative estimate of drug-likeness (QED) is 0.802. The molecule has 2 unspecified atom stereocenters. The van der Waals surface area contributed by atoms with Crippen LogP contribution in [0.3, 0.4) is 0 Å². The molecule has 0 heterocycles. The molecule has 1 saturated carbocycles. The summed E-state index contributed by atoms with van der Waals surface area (Å²) in [5, 5.41) is 3.63. The van der Waals surface area contributed by atoms with Crippen LogP contribution in [0.5, 0.6) is 0 Å². The molecule has 3 N–H and O–H groups in total. The molecule has 1 amide bonds. The molecule has 1 aliphatic carbocycles. The van der Waals surface area contributed by atoms with Crippen LogP contribution in [-0.4, -0.2) is 11.9 Å². The lowest BCUT2D eigenvalue weighted by Crippen LogP contribution is -2.46. The van der Waals surface area contributed by atoms with Gasteiger partial charge in [0.25, 0.3) is 5.91 Å². The van der Waals surface area contributed by atoms with Crippen molar-refractivity contribution >= 4 is 23.2 Å². The number of nitrogen functional groups attached to an aromatic ring is 1. The normalized spacial score (nSPS) is 22.9. The molecule has 2 rings (SSSR count). The van der Waals surface area contributed by atoms with Gasteiger partial charge in [0.2, 0.25) is 0 Å². The topological polar surface area (TPSA) is 55.1 Å². The zero-order valence-corrected chi connectivity index (χ0v) is 13.8. The minimum absolute atomic E-state index is 0.0574. The first-order valence-corrected chi connectivity index (χ1v) is 8.02. The van der Waals surface area contributed by atoms with E-state index in [0.29, 0.717) is 22.2 Å². The first-order valence-electron chi connectivity index (χ1n) is 7.65. The minimum atomic E-state index is -0.0574. The van der Waals surface area contributed by atoms with Crippen LogP contribution in [0.4, 0.5) is 5.69 Å². The van der Waals surface area contributed by atoms with Gasteiger partial charge in [-0.25, -0.2) is 0 Å². The number of hydrogen-bond donors (Lipinski definition) is 2. The highest BCUT2D eigenvalue weighted by molar-refractivity contribution is 6.33. The maximum Gasteiger partial charge on any atom is 0.251 e. The number of halogens is 1. The van der Waals surface area contributed by atoms with Crippen LogP contribution in [0.1, 0.15) is 56.8 Å². The third kappa shape index (κ3) is 3.91. The predicted octanol–water partition coefficient (Wildman–Crippen LogP) is 4.26. The third-order valence-electron chi connectivity index (χ3n) is 4.46. The number of carbonyl (C=O) groups is 1. The summed E-state index contributed by atoms with van der Waals surface area (Å²) in [6, 6.07) is 5.29. The molecule has 1 aromatic rings. The Labute approximate surface area is 132 Å². The van der Waals surface area contributed by atoms with Gasteiger partial charge in [-0.2, -0.15) is 0 Å². The van der Waals surface area contributed by atoms with E-state index in [-0.39, 0.29) is 17.4 Å². The predicted molar refractivity (Wildman–Crippen MR) is 88.5 cm³/mol. The van der Waals surface area contributed by atoms with Crippen LogP contribution in [-0.2, 0) is 0 Å². The first-order chi connectivity index (χ1) is 9.79. The van der Waals surface area contributed by atoms with Gasteiger partial charge in [0.1, 0.15) is 0 Å². The smallest absolute Gasteiger partial charge is 0.251 e. The summed E-state index contributed by atoms with van der Waals surface area (Å²) >= 11 is 6.00. The standard InChI is InChI=1S/C17H25ClN2O/c1-17(2,3)12-6-4-5-7-15(12)20-16(21)11-8-9-14(19)13(18)10-11/h8-10,12,15H,4-7,19H2,1-3H3,(H,20,21). The van der Waals surface area contributed by atoms with E-state index >= 15 is 0 Å². The first kappa shape index (κ1) is 16.2. The van der Waals surface area contributed by atoms with Gasteiger partial charge in [-0.1, -0.05) is 45.2 Å². The van der Waals surface area contributed by atoms with Crippen molar-refractivity contribution in [2.45, 2.75) is 52.5 Å². The Balaban J connectivity index is 2.11. The average molecular weight is 309 g/mol. The van der Waals surface area contributed by atoms with E-state index in [1.54, 1.807) is 18.2 Å². The summed E-state index contributed by atoms with van der Waals surface area (Å²) in [6.07, 6.45) is 4.66. The Morgan fingerprint density at radius 2 is 1.95 bits per heavy atom. The molecule has 2 atom stereocenters. The van der Waals surface area contributed by atoms with Gasteiger partial charge in [-0.15, -0.1) is 0 Å². The Bertz CT molecular complexity index is 522. The molecule has 116 valence electrons. The number of benzene rings is 1. The highest BCUT2D eigenvalue weighted by Gasteiger charge is 2.34. The molecular weight excluding hydrogens is 284 g/mol. The number of nitrogens with two attached hydrogens (primary N) is 1. The second-order valence-electron chi connectivity index (χ2n) is 7.07. The molecule has 0 bridgehead atoms. The molecule has 3 nitrogen and oxygen atoms in total. The van der Waals surface area contributed by atoms with Gasteiger partial charge >= 0.3 is 0 Å². The van der Waals surface area contributed by atoms with Gasteiger partial charge in [0.15, 0.2) is 0 Å². The summed E-state index contributed by atoms with van der Waals surface area (Å²) in [4.78, 5) is 12.4. The zero-order valence-electron chi connectivity index (χ0n) is 13.1. The van der Waals surface area contributed by atoms with E-state index in [9.17, 15) is 4.79 Å². The van der Waals surface area contributed by atoms with Crippen molar-refractivity contribution < 1.29 is 4.79 Å². The van der Waals surface area contributed by atoms with E-state index in [4.69, 9.17) is 17.3 Å². The van der Waals surface area contributed by atoms with Crippen molar-refractivity contribution in [3.63, 3.8) is 0 Å². The average Bonchev–Trinajstić information content (AvgIpc) is 2.41. The fourth-order valence-electron chi connectivity index (χ4n) is 3.26.